The van der Waals surface area contributed by atoms with Crippen molar-refractivity contribution in [1.82, 2.24) is 14.9 Å². The molecular weight excluding hydrogens is 272 g/mol. The first-order valence-electron chi connectivity index (χ1n) is 7.50. The number of aromatic nitrogens is 2. The lowest BCUT2D eigenvalue weighted by Gasteiger charge is -2.15. The molecule has 1 aromatic carbocycles. The molecule has 0 bridgehead atoms. The van der Waals surface area contributed by atoms with Crippen LogP contribution in [0.1, 0.15) is 33.6 Å². The van der Waals surface area contributed by atoms with Gasteiger partial charge in [0.05, 0.1) is 17.4 Å². The van der Waals surface area contributed by atoms with Crippen LogP contribution in [0, 0.1) is 17.6 Å². The maximum Gasteiger partial charge on any atom is 0.161 e. The van der Waals surface area contributed by atoms with Crippen LogP contribution in [-0.2, 0) is 6.54 Å². The maximum atomic E-state index is 13.3. The lowest BCUT2D eigenvalue weighted by molar-refractivity contribution is 0.442. The van der Waals surface area contributed by atoms with Gasteiger partial charge in [0.25, 0.3) is 0 Å². The van der Waals surface area contributed by atoms with Gasteiger partial charge in [0.1, 0.15) is 0 Å². The zero-order valence-electron chi connectivity index (χ0n) is 12.9. The van der Waals surface area contributed by atoms with E-state index >= 15 is 0 Å². The first kappa shape index (κ1) is 15.9. The molecule has 0 aliphatic rings. The molecule has 0 saturated carbocycles. The average Bonchev–Trinajstić information content (AvgIpc) is 2.79. The van der Waals surface area contributed by atoms with Crippen molar-refractivity contribution >= 4 is 11.0 Å². The number of fused-ring (bicyclic) bond motifs is 1. The zero-order chi connectivity index (χ0) is 15.4. The van der Waals surface area contributed by atoms with Gasteiger partial charge in [-0.15, -0.1) is 0 Å². The molecule has 5 heteroatoms. The monoisotopic (exact) mass is 295 g/mol. The summed E-state index contributed by atoms with van der Waals surface area (Å²) in [6.07, 6.45) is 3.97. The van der Waals surface area contributed by atoms with Gasteiger partial charge in [-0.1, -0.05) is 13.8 Å². The molecule has 1 N–H and O–H groups in total. The number of hydrogen-bond acceptors (Lipinski definition) is 2. The average molecular weight is 295 g/mol. The van der Waals surface area contributed by atoms with Crippen LogP contribution in [0.25, 0.3) is 11.0 Å². The van der Waals surface area contributed by atoms with E-state index in [1.54, 1.807) is 6.33 Å². The highest BCUT2D eigenvalue weighted by Gasteiger charge is 2.09. The summed E-state index contributed by atoms with van der Waals surface area (Å²) in [7, 11) is 0. The second-order valence-corrected chi connectivity index (χ2v) is 6.02. The molecular formula is C16H23F2N3. The number of benzene rings is 1. The van der Waals surface area contributed by atoms with Crippen molar-refractivity contribution < 1.29 is 8.78 Å². The Hall–Kier alpha value is -1.49. The molecule has 1 heterocycles. The van der Waals surface area contributed by atoms with Crippen LogP contribution in [0.3, 0.4) is 0 Å². The Bertz CT molecular complexity index is 592. The number of nitrogens with zero attached hydrogens (tertiary/aromatic N) is 2. The summed E-state index contributed by atoms with van der Waals surface area (Å²) in [5.41, 5.74) is 1.12. The third-order valence-electron chi connectivity index (χ3n) is 3.69. The number of nitrogens with one attached hydrogen (secondary N) is 1. The van der Waals surface area contributed by atoms with Gasteiger partial charge in [-0.25, -0.2) is 13.8 Å². The maximum absolute atomic E-state index is 13.3. The summed E-state index contributed by atoms with van der Waals surface area (Å²) < 4.78 is 28.3. The number of rotatable bonds is 7. The smallest absolute Gasteiger partial charge is 0.161 e. The van der Waals surface area contributed by atoms with Gasteiger partial charge in [-0.2, -0.15) is 0 Å². The second kappa shape index (κ2) is 6.98. The molecule has 1 atom stereocenters. The normalized spacial score (nSPS) is 13.2. The lowest BCUT2D eigenvalue weighted by atomic mass is 10.0. The van der Waals surface area contributed by atoms with Crippen LogP contribution in [-0.4, -0.2) is 22.1 Å². The van der Waals surface area contributed by atoms with Crippen molar-refractivity contribution in [3.63, 3.8) is 0 Å². The third kappa shape index (κ3) is 4.24. The van der Waals surface area contributed by atoms with Gasteiger partial charge in [-0.3, -0.25) is 0 Å². The largest absolute Gasteiger partial charge is 0.329 e. The molecule has 0 aliphatic carbocycles. The van der Waals surface area contributed by atoms with E-state index in [0.717, 1.165) is 19.0 Å². The van der Waals surface area contributed by atoms with Crippen LogP contribution >= 0.6 is 0 Å². The summed E-state index contributed by atoms with van der Waals surface area (Å²) in [5, 5.41) is 3.45. The number of hydrogen-bond donors (Lipinski definition) is 1. The SMILES string of the molecule is CC(C)CCC(C)NCCn1cnc2cc(F)c(F)cc21. The first-order valence-corrected chi connectivity index (χ1v) is 7.50. The number of halogens is 2. The van der Waals surface area contributed by atoms with E-state index in [1.165, 1.54) is 12.5 Å². The van der Waals surface area contributed by atoms with Crippen LogP contribution in [0.15, 0.2) is 18.5 Å². The van der Waals surface area contributed by atoms with Crippen molar-refractivity contribution in [3.8, 4) is 0 Å². The molecule has 1 aromatic heterocycles. The summed E-state index contributed by atoms with van der Waals surface area (Å²) in [6, 6.07) is 2.80. The second-order valence-electron chi connectivity index (χ2n) is 6.02. The Morgan fingerprint density at radius 2 is 1.86 bits per heavy atom. The summed E-state index contributed by atoms with van der Waals surface area (Å²) in [6.45, 7) is 8.08. The Kier molecular flexibility index (Phi) is 5.28. The molecule has 0 spiro atoms. The Morgan fingerprint density at radius 3 is 2.57 bits per heavy atom. The molecule has 3 nitrogen and oxygen atoms in total. The summed E-state index contributed by atoms with van der Waals surface area (Å²) in [4.78, 5) is 4.11. The standard InChI is InChI=1S/C16H23F2N3/c1-11(2)4-5-12(3)19-6-7-21-10-20-15-8-13(17)14(18)9-16(15)21/h8-12,19H,4-7H2,1-3H3. The van der Waals surface area contributed by atoms with Gasteiger partial charge in [0.15, 0.2) is 11.6 Å². The number of imidazole rings is 1. The van der Waals surface area contributed by atoms with Crippen molar-refractivity contribution in [3.05, 3.63) is 30.1 Å². The summed E-state index contributed by atoms with van der Waals surface area (Å²) >= 11 is 0. The van der Waals surface area contributed by atoms with E-state index in [2.05, 4.69) is 31.1 Å². The first-order chi connectivity index (χ1) is 9.97. The third-order valence-corrected chi connectivity index (χ3v) is 3.69. The van der Waals surface area contributed by atoms with E-state index in [9.17, 15) is 8.78 Å². The fourth-order valence-electron chi connectivity index (χ4n) is 2.35. The molecule has 0 saturated heterocycles. The van der Waals surface area contributed by atoms with Crippen LogP contribution in [0.5, 0.6) is 0 Å². The van der Waals surface area contributed by atoms with Gasteiger partial charge >= 0.3 is 0 Å². The molecule has 21 heavy (non-hydrogen) atoms. The van der Waals surface area contributed by atoms with Crippen molar-refractivity contribution in [2.24, 2.45) is 5.92 Å². The molecule has 1 unspecified atom stereocenters. The molecule has 116 valence electrons. The van der Waals surface area contributed by atoms with Crippen LogP contribution in [0.2, 0.25) is 0 Å². The van der Waals surface area contributed by atoms with Crippen molar-refractivity contribution in [2.75, 3.05) is 6.54 Å². The molecule has 0 fully saturated rings. The topological polar surface area (TPSA) is 29.9 Å². The van der Waals surface area contributed by atoms with Gasteiger partial charge < -0.3 is 9.88 Å². The Balaban J connectivity index is 1.90. The minimum absolute atomic E-state index is 0.455. The van der Waals surface area contributed by atoms with E-state index in [-0.39, 0.29) is 0 Å². The van der Waals surface area contributed by atoms with Gasteiger partial charge in [0.2, 0.25) is 0 Å². The van der Waals surface area contributed by atoms with Gasteiger partial charge in [-0.05, 0) is 25.7 Å². The minimum atomic E-state index is -0.854. The fraction of sp³-hybridized carbons (Fsp3) is 0.562. The van der Waals surface area contributed by atoms with Crippen LogP contribution in [0.4, 0.5) is 8.78 Å². The lowest BCUT2D eigenvalue weighted by Crippen LogP contribution is -2.29. The predicted octanol–water partition coefficient (Wildman–Crippen LogP) is 3.73. The molecule has 0 radical (unpaired) electrons. The highest BCUT2D eigenvalue weighted by molar-refractivity contribution is 5.75. The van der Waals surface area contributed by atoms with E-state index < -0.39 is 11.6 Å². The van der Waals surface area contributed by atoms with E-state index in [0.29, 0.717) is 29.5 Å². The molecule has 2 aromatic rings. The van der Waals surface area contributed by atoms with E-state index in [1.807, 2.05) is 4.57 Å². The Morgan fingerprint density at radius 1 is 1.14 bits per heavy atom. The van der Waals surface area contributed by atoms with E-state index in [4.69, 9.17) is 0 Å². The Labute approximate surface area is 124 Å². The summed E-state index contributed by atoms with van der Waals surface area (Å²) in [5.74, 6) is -0.972. The fourth-order valence-corrected chi connectivity index (χ4v) is 2.35. The quantitative estimate of drug-likeness (QED) is 0.843. The zero-order valence-corrected chi connectivity index (χ0v) is 12.9. The molecule has 0 amide bonds. The highest BCUT2D eigenvalue weighted by Crippen LogP contribution is 2.17. The highest BCUT2D eigenvalue weighted by atomic mass is 19.2. The van der Waals surface area contributed by atoms with Crippen LogP contribution < -0.4 is 5.32 Å². The van der Waals surface area contributed by atoms with Crippen molar-refractivity contribution in [1.29, 1.82) is 0 Å². The predicted molar refractivity (Wildman–Crippen MR) is 81.2 cm³/mol. The molecule has 0 aliphatic heterocycles. The minimum Gasteiger partial charge on any atom is -0.329 e. The van der Waals surface area contributed by atoms with Crippen molar-refractivity contribution in [2.45, 2.75) is 46.2 Å². The van der Waals surface area contributed by atoms with Gasteiger partial charge in [0, 0.05) is 31.3 Å². The molecule has 2 rings (SSSR count).